The summed E-state index contributed by atoms with van der Waals surface area (Å²) in [6.07, 6.45) is 3.20. The number of hydrogen-bond donors (Lipinski definition) is 0. The van der Waals surface area contributed by atoms with Gasteiger partial charge in [-0.05, 0) is 67.0 Å². The number of aryl methyl sites for hydroxylation is 1. The highest BCUT2D eigenvalue weighted by Gasteiger charge is 2.36. The second kappa shape index (κ2) is 8.88. The van der Waals surface area contributed by atoms with Gasteiger partial charge in [0, 0.05) is 31.1 Å². The highest BCUT2D eigenvalue weighted by atomic mass is 16.5. The Labute approximate surface area is 206 Å². The lowest BCUT2D eigenvalue weighted by atomic mass is 10.0. The third kappa shape index (κ3) is 4.20. The standard InChI is InChI=1S/C30H31N3O2/c1-20-4-3-5-27-28(20)31-29(33(27)19-21-16-17-32(18-21)30(34)25-10-11-25)24-8-6-22(7-9-24)23-12-14-26(35-2)15-13-23/h3-9,12-15,21,25H,10-11,16-19H2,1-2H3/t21-/m1/s1. The molecule has 35 heavy (non-hydrogen) atoms. The normalized spacial score (nSPS) is 17.8. The Kier molecular flexibility index (Phi) is 5.56. The molecule has 4 aromatic rings. The third-order valence-corrected chi connectivity index (χ3v) is 7.51. The minimum absolute atomic E-state index is 0.297. The average Bonchev–Trinajstić information content (AvgIpc) is 3.53. The monoisotopic (exact) mass is 465 g/mol. The van der Waals surface area contributed by atoms with Crippen molar-refractivity contribution in [2.75, 3.05) is 20.2 Å². The number of benzene rings is 3. The molecule has 1 aromatic heterocycles. The molecule has 0 N–H and O–H groups in total. The van der Waals surface area contributed by atoms with Gasteiger partial charge in [0.1, 0.15) is 11.6 Å². The van der Waals surface area contributed by atoms with E-state index in [1.807, 2.05) is 12.1 Å². The van der Waals surface area contributed by atoms with Gasteiger partial charge in [-0.15, -0.1) is 0 Å². The molecule has 178 valence electrons. The van der Waals surface area contributed by atoms with Crippen LogP contribution in [0.15, 0.2) is 66.7 Å². The fourth-order valence-electron chi connectivity index (χ4n) is 5.32. The Morgan fingerprint density at radius 3 is 2.31 bits per heavy atom. The molecular weight excluding hydrogens is 434 g/mol. The Morgan fingerprint density at radius 2 is 1.63 bits per heavy atom. The molecule has 1 saturated heterocycles. The quantitative estimate of drug-likeness (QED) is 0.354. The molecule has 1 amide bonds. The lowest BCUT2D eigenvalue weighted by Crippen LogP contribution is -2.30. The van der Waals surface area contributed by atoms with Gasteiger partial charge in [0.2, 0.25) is 5.91 Å². The van der Waals surface area contributed by atoms with E-state index in [9.17, 15) is 4.79 Å². The molecule has 1 aliphatic heterocycles. The number of rotatable bonds is 6. The molecular formula is C30H31N3O2. The zero-order chi connectivity index (χ0) is 23.9. The van der Waals surface area contributed by atoms with Gasteiger partial charge in [-0.1, -0.05) is 48.5 Å². The van der Waals surface area contributed by atoms with E-state index in [0.29, 0.717) is 17.7 Å². The van der Waals surface area contributed by atoms with Crippen LogP contribution in [0.5, 0.6) is 5.75 Å². The van der Waals surface area contributed by atoms with Gasteiger partial charge in [-0.3, -0.25) is 4.79 Å². The van der Waals surface area contributed by atoms with Crippen LogP contribution in [0.3, 0.4) is 0 Å². The smallest absolute Gasteiger partial charge is 0.225 e. The third-order valence-electron chi connectivity index (χ3n) is 7.51. The SMILES string of the molecule is COc1ccc(-c2ccc(-c3nc4c(C)cccc4n3C[C@@H]3CCN(C(=O)C4CC4)C3)cc2)cc1. The van der Waals surface area contributed by atoms with Crippen LogP contribution < -0.4 is 4.74 Å². The van der Waals surface area contributed by atoms with Crippen LogP contribution >= 0.6 is 0 Å². The number of para-hydroxylation sites is 1. The first-order valence-electron chi connectivity index (χ1n) is 12.6. The van der Waals surface area contributed by atoms with Gasteiger partial charge in [0.05, 0.1) is 18.1 Å². The van der Waals surface area contributed by atoms with Crippen molar-refractivity contribution in [3.8, 4) is 28.3 Å². The van der Waals surface area contributed by atoms with Crippen LogP contribution in [0.1, 0.15) is 24.8 Å². The predicted molar refractivity (Wildman–Crippen MR) is 139 cm³/mol. The van der Waals surface area contributed by atoms with Crippen molar-refractivity contribution in [2.24, 2.45) is 11.8 Å². The average molecular weight is 466 g/mol. The van der Waals surface area contributed by atoms with Crippen LogP contribution in [-0.4, -0.2) is 40.6 Å². The first-order chi connectivity index (χ1) is 17.1. The lowest BCUT2D eigenvalue weighted by Gasteiger charge is -2.18. The maximum absolute atomic E-state index is 12.6. The first-order valence-corrected chi connectivity index (χ1v) is 12.6. The number of carbonyl (C=O) groups is 1. The van der Waals surface area contributed by atoms with Gasteiger partial charge in [0.15, 0.2) is 0 Å². The van der Waals surface area contributed by atoms with E-state index in [-0.39, 0.29) is 0 Å². The molecule has 0 bridgehead atoms. The molecule has 2 heterocycles. The van der Waals surface area contributed by atoms with Crippen molar-refractivity contribution in [2.45, 2.75) is 32.7 Å². The molecule has 0 radical (unpaired) electrons. The summed E-state index contributed by atoms with van der Waals surface area (Å²) in [7, 11) is 1.69. The van der Waals surface area contributed by atoms with Gasteiger partial charge in [-0.2, -0.15) is 0 Å². The molecule has 1 saturated carbocycles. The van der Waals surface area contributed by atoms with E-state index in [1.165, 1.54) is 16.6 Å². The molecule has 0 spiro atoms. The van der Waals surface area contributed by atoms with E-state index >= 15 is 0 Å². The van der Waals surface area contributed by atoms with Crippen molar-refractivity contribution < 1.29 is 9.53 Å². The molecule has 2 aliphatic rings. The molecule has 1 atom stereocenters. The largest absolute Gasteiger partial charge is 0.497 e. The number of aromatic nitrogens is 2. The van der Waals surface area contributed by atoms with Crippen LogP contribution in [0.4, 0.5) is 0 Å². The van der Waals surface area contributed by atoms with Crippen molar-refractivity contribution in [1.29, 1.82) is 0 Å². The van der Waals surface area contributed by atoms with Gasteiger partial charge < -0.3 is 14.2 Å². The Balaban J connectivity index is 1.31. The predicted octanol–water partition coefficient (Wildman–Crippen LogP) is 5.95. The molecule has 1 aliphatic carbocycles. The van der Waals surface area contributed by atoms with Crippen molar-refractivity contribution in [3.05, 3.63) is 72.3 Å². The highest BCUT2D eigenvalue weighted by molar-refractivity contribution is 5.84. The van der Waals surface area contributed by atoms with Crippen LogP contribution in [0.25, 0.3) is 33.5 Å². The summed E-state index contributed by atoms with van der Waals surface area (Å²) in [4.78, 5) is 19.8. The maximum Gasteiger partial charge on any atom is 0.225 e. The van der Waals surface area contributed by atoms with Gasteiger partial charge >= 0.3 is 0 Å². The van der Waals surface area contributed by atoms with E-state index in [4.69, 9.17) is 9.72 Å². The summed E-state index contributed by atoms with van der Waals surface area (Å²) in [6.45, 7) is 4.75. The number of methoxy groups -OCH3 is 1. The van der Waals surface area contributed by atoms with Crippen LogP contribution in [0, 0.1) is 18.8 Å². The van der Waals surface area contributed by atoms with E-state index in [0.717, 1.165) is 67.1 Å². The summed E-state index contributed by atoms with van der Waals surface area (Å²) >= 11 is 0. The molecule has 2 fully saturated rings. The fraction of sp³-hybridized carbons (Fsp3) is 0.333. The number of carbonyl (C=O) groups excluding carboxylic acids is 1. The zero-order valence-corrected chi connectivity index (χ0v) is 20.4. The second-order valence-corrected chi connectivity index (χ2v) is 10.0. The summed E-state index contributed by atoms with van der Waals surface area (Å²) in [6, 6.07) is 23.2. The summed E-state index contributed by atoms with van der Waals surface area (Å²) in [5.74, 6) is 2.98. The summed E-state index contributed by atoms with van der Waals surface area (Å²) < 4.78 is 7.67. The number of ether oxygens (including phenoxy) is 1. The minimum Gasteiger partial charge on any atom is -0.497 e. The number of fused-ring (bicyclic) bond motifs is 1. The van der Waals surface area contributed by atoms with Gasteiger partial charge in [0.25, 0.3) is 0 Å². The van der Waals surface area contributed by atoms with Gasteiger partial charge in [-0.25, -0.2) is 4.98 Å². The van der Waals surface area contributed by atoms with E-state index in [2.05, 4.69) is 71.0 Å². The lowest BCUT2D eigenvalue weighted by molar-refractivity contribution is -0.131. The number of imidazole rings is 1. The molecule has 0 unspecified atom stereocenters. The zero-order valence-electron chi connectivity index (χ0n) is 20.4. The van der Waals surface area contributed by atoms with E-state index < -0.39 is 0 Å². The number of amides is 1. The Morgan fingerprint density at radius 1 is 0.943 bits per heavy atom. The highest BCUT2D eigenvalue weighted by Crippen LogP contribution is 2.35. The van der Waals surface area contributed by atoms with Crippen molar-refractivity contribution >= 4 is 16.9 Å². The second-order valence-electron chi connectivity index (χ2n) is 10.0. The van der Waals surface area contributed by atoms with Crippen LogP contribution in [0.2, 0.25) is 0 Å². The van der Waals surface area contributed by atoms with E-state index in [1.54, 1.807) is 7.11 Å². The van der Waals surface area contributed by atoms with Crippen molar-refractivity contribution in [1.82, 2.24) is 14.5 Å². The Hall–Kier alpha value is -3.60. The summed E-state index contributed by atoms with van der Waals surface area (Å²) in [5, 5.41) is 0. The number of nitrogens with zero attached hydrogens (tertiary/aromatic N) is 3. The topological polar surface area (TPSA) is 47.4 Å². The fourth-order valence-corrected chi connectivity index (χ4v) is 5.32. The minimum atomic E-state index is 0.297. The number of likely N-dealkylation sites (tertiary alicyclic amines) is 1. The number of hydrogen-bond acceptors (Lipinski definition) is 3. The Bertz CT molecular complexity index is 1370. The molecule has 5 heteroatoms. The maximum atomic E-state index is 12.6. The first kappa shape index (κ1) is 21.9. The van der Waals surface area contributed by atoms with Crippen molar-refractivity contribution in [3.63, 3.8) is 0 Å². The molecule has 5 nitrogen and oxygen atoms in total. The van der Waals surface area contributed by atoms with Crippen LogP contribution in [-0.2, 0) is 11.3 Å². The molecule has 3 aromatic carbocycles. The molecule has 6 rings (SSSR count). The summed E-state index contributed by atoms with van der Waals surface area (Å²) in [5.41, 5.74) is 6.86.